The summed E-state index contributed by atoms with van der Waals surface area (Å²) in [6.07, 6.45) is 3.48. The first-order valence-electron chi connectivity index (χ1n) is 7.15. The molecule has 2 aromatic rings. The molecule has 2 aromatic heterocycles. The Morgan fingerprint density at radius 3 is 2.86 bits per heavy atom. The van der Waals surface area contributed by atoms with Gasteiger partial charge >= 0.3 is 5.97 Å². The molecule has 0 aliphatic heterocycles. The lowest BCUT2D eigenvalue weighted by Crippen LogP contribution is -2.09. The second-order valence-electron chi connectivity index (χ2n) is 5.44. The van der Waals surface area contributed by atoms with E-state index in [0.717, 1.165) is 29.0 Å². The lowest BCUT2D eigenvalue weighted by Gasteiger charge is -2.11. The average Bonchev–Trinajstić information content (AvgIpc) is 2.73. The van der Waals surface area contributed by atoms with E-state index in [0.29, 0.717) is 12.3 Å². The Kier molecular flexibility index (Phi) is 5.12. The van der Waals surface area contributed by atoms with Gasteiger partial charge in [0, 0.05) is 17.8 Å². The van der Waals surface area contributed by atoms with E-state index in [1.165, 1.54) is 10.4 Å². The highest BCUT2D eigenvalue weighted by atomic mass is 32.1. The highest BCUT2D eigenvalue weighted by Crippen LogP contribution is 2.32. The number of nitrogens with zero attached hydrogens (tertiary/aromatic N) is 2. The number of carboxylic acid groups (broad SMARTS) is 1. The normalized spacial score (nSPS) is 12.5. The van der Waals surface area contributed by atoms with Gasteiger partial charge in [0.25, 0.3) is 0 Å². The maximum absolute atomic E-state index is 10.6. The van der Waals surface area contributed by atoms with Crippen LogP contribution in [-0.2, 0) is 4.79 Å². The summed E-state index contributed by atoms with van der Waals surface area (Å²) in [6.45, 7) is 7.07. The predicted molar refractivity (Wildman–Crippen MR) is 86.0 cm³/mol. The highest BCUT2D eigenvalue weighted by molar-refractivity contribution is 7.18. The monoisotopic (exact) mass is 307 g/mol. The van der Waals surface area contributed by atoms with E-state index in [-0.39, 0.29) is 6.42 Å². The Balaban J connectivity index is 1.96. The van der Waals surface area contributed by atoms with Gasteiger partial charge in [-0.3, -0.25) is 4.79 Å². The zero-order valence-corrected chi connectivity index (χ0v) is 13.5. The van der Waals surface area contributed by atoms with Gasteiger partial charge < -0.3 is 10.4 Å². The molecule has 0 fully saturated rings. The van der Waals surface area contributed by atoms with E-state index in [1.807, 2.05) is 0 Å². The molecule has 2 rings (SSSR count). The number of aromatic nitrogens is 2. The third-order valence-corrected chi connectivity index (χ3v) is 4.86. The molecule has 0 amide bonds. The Labute approximate surface area is 128 Å². The third kappa shape index (κ3) is 3.91. The molecule has 0 saturated heterocycles. The second-order valence-corrected chi connectivity index (χ2v) is 6.64. The summed E-state index contributed by atoms with van der Waals surface area (Å²) in [5, 5.41) is 13.2. The van der Waals surface area contributed by atoms with Crippen molar-refractivity contribution < 1.29 is 9.90 Å². The van der Waals surface area contributed by atoms with Gasteiger partial charge in [0.05, 0.1) is 5.39 Å². The molecule has 21 heavy (non-hydrogen) atoms. The number of anilines is 1. The number of hydrogen-bond donors (Lipinski definition) is 2. The van der Waals surface area contributed by atoms with Crippen molar-refractivity contribution in [1.29, 1.82) is 0 Å². The van der Waals surface area contributed by atoms with Crippen molar-refractivity contribution >= 4 is 33.3 Å². The molecule has 1 unspecified atom stereocenters. The maximum atomic E-state index is 10.6. The van der Waals surface area contributed by atoms with Gasteiger partial charge in [-0.2, -0.15) is 0 Å². The Hall–Kier alpha value is -1.69. The molecule has 5 nitrogen and oxygen atoms in total. The van der Waals surface area contributed by atoms with Crippen LogP contribution in [0.15, 0.2) is 6.33 Å². The first-order valence-corrected chi connectivity index (χ1v) is 7.97. The van der Waals surface area contributed by atoms with Gasteiger partial charge in [0.15, 0.2) is 0 Å². The lowest BCUT2D eigenvalue weighted by atomic mass is 10.0. The molecule has 0 aliphatic carbocycles. The summed E-state index contributed by atoms with van der Waals surface area (Å²) in [4.78, 5) is 21.5. The number of carbonyl (C=O) groups is 1. The first kappa shape index (κ1) is 15.7. The highest BCUT2D eigenvalue weighted by Gasteiger charge is 2.12. The molecule has 114 valence electrons. The van der Waals surface area contributed by atoms with Crippen LogP contribution in [0, 0.1) is 19.8 Å². The van der Waals surface area contributed by atoms with Crippen molar-refractivity contribution in [3.05, 3.63) is 16.8 Å². The molecule has 0 radical (unpaired) electrons. The van der Waals surface area contributed by atoms with Gasteiger partial charge in [-0.1, -0.05) is 6.92 Å². The molecule has 0 bridgehead atoms. The van der Waals surface area contributed by atoms with E-state index in [2.05, 4.69) is 36.1 Å². The Bertz CT molecular complexity index is 639. The molecule has 6 heteroatoms. The summed E-state index contributed by atoms with van der Waals surface area (Å²) in [5.74, 6) is 0.542. The number of nitrogens with one attached hydrogen (secondary N) is 1. The van der Waals surface area contributed by atoms with Gasteiger partial charge in [-0.15, -0.1) is 11.3 Å². The minimum atomic E-state index is -0.725. The summed E-state index contributed by atoms with van der Waals surface area (Å²) < 4.78 is 0. The van der Waals surface area contributed by atoms with E-state index >= 15 is 0 Å². The van der Waals surface area contributed by atoms with Gasteiger partial charge in [0.2, 0.25) is 0 Å². The summed E-state index contributed by atoms with van der Waals surface area (Å²) >= 11 is 1.69. The van der Waals surface area contributed by atoms with Crippen LogP contribution in [-0.4, -0.2) is 27.6 Å². The van der Waals surface area contributed by atoms with E-state index < -0.39 is 5.97 Å². The topological polar surface area (TPSA) is 75.1 Å². The minimum absolute atomic E-state index is 0.238. The summed E-state index contributed by atoms with van der Waals surface area (Å²) in [6, 6.07) is 0. The molecule has 0 aromatic carbocycles. The van der Waals surface area contributed by atoms with Crippen molar-refractivity contribution in [3.8, 4) is 0 Å². The minimum Gasteiger partial charge on any atom is -0.481 e. The number of aliphatic carboxylic acids is 1. The van der Waals surface area contributed by atoms with Crippen LogP contribution in [0.1, 0.15) is 36.6 Å². The maximum Gasteiger partial charge on any atom is 0.303 e. The predicted octanol–water partition coefficient (Wildman–Crippen LogP) is 3.61. The summed E-state index contributed by atoms with van der Waals surface area (Å²) in [5.41, 5.74) is 1.23. The molecule has 0 spiro atoms. The van der Waals surface area contributed by atoms with Crippen LogP contribution < -0.4 is 5.32 Å². The molecule has 0 aliphatic rings. The van der Waals surface area contributed by atoms with Crippen molar-refractivity contribution in [3.63, 3.8) is 0 Å². The van der Waals surface area contributed by atoms with Crippen LogP contribution in [0.25, 0.3) is 10.2 Å². The van der Waals surface area contributed by atoms with E-state index in [4.69, 9.17) is 5.11 Å². The smallest absolute Gasteiger partial charge is 0.303 e. The average molecular weight is 307 g/mol. The van der Waals surface area contributed by atoms with Crippen LogP contribution >= 0.6 is 11.3 Å². The van der Waals surface area contributed by atoms with Crippen molar-refractivity contribution in [2.24, 2.45) is 5.92 Å². The quantitative estimate of drug-likeness (QED) is 0.817. The third-order valence-electron chi connectivity index (χ3n) is 3.75. The van der Waals surface area contributed by atoms with Crippen LogP contribution in [0.3, 0.4) is 0 Å². The molecule has 2 N–H and O–H groups in total. The zero-order valence-electron chi connectivity index (χ0n) is 12.6. The van der Waals surface area contributed by atoms with Crippen LogP contribution in [0.5, 0.6) is 0 Å². The molecule has 1 atom stereocenters. The van der Waals surface area contributed by atoms with Crippen LogP contribution in [0.4, 0.5) is 5.82 Å². The Morgan fingerprint density at radius 1 is 1.38 bits per heavy atom. The standard InChI is InChI=1S/C15H21N3O2S/c1-9(4-5-12(19)20)6-7-16-14-13-10(2)11(3)21-15(13)18-8-17-14/h8-9H,4-7H2,1-3H3,(H,19,20)(H,16,17,18). The number of carboxylic acids is 1. The largest absolute Gasteiger partial charge is 0.481 e. The van der Waals surface area contributed by atoms with Crippen molar-refractivity contribution in [2.45, 2.75) is 40.0 Å². The fourth-order valence-electron chi connectivity index (χ4n) is 2.27. The number of rotatable bonds is 7. The fourth-order valence-corrected chi connectivity index (χ4v) is 3.26. The molecule has 2 heterocycles. The molecule has 0 saturated carbocycles. The lowest BCUT2D eigenvalue weighted by molar-refractivity contribution is -0.137. The SMILES string of the molecule is Cc1sc2ncnc(NCCC(C)CCC(=O)O)c2c1C. The zero-order chi connectivity index (χ0) is 15.4. The molecular formula is C15H21N3O2S. The molecular weight excluding hydrogens is 286 g/mol. The summed E-state index contributed by atoms with van der Waals surface area (Å²) in [7, 11) is 0. The first-order chi connectivity index (χ1) is 9.99. The van der Waals surface area contributed by atoms with Gasteiger partial charge in [-0.25, -0.2) is 9.97 Å². The number of hydrogen-bond acceptors (Lipinski definition) is 5. The Morgan fingerprint density at radius 2 is 2.14 bits per heavy atom. The van der Waals surface area contributed by atoms with Gasteiger partial charge in [0.1, 0.15) is 17.0 Å². The van der Waals surface area contributed by atoms with Crippen molar-refractivity contribution in [1.82, 2.24) is 9.97 Å². The van der Waals surface area contributed by atoms with E-state index in [1.54, 1.807) is 17.7 Å². The number of aryl methyl sites for hydroxylation is 2. The van der Waals surface area contributed by atoms with Gasteiger partial charge in [-0.05, 0) is 38.2 Å². The fraction of sp³-hybridized carbons (Fsp3) is 0.533. The second kappa shape index (κ2) is 6.85. The van der Waals surface area contributed by atoms with E-state index in [9.17, 15) is 4.79 Å². The number of fused-ring (bicyclic) bond motifs is 1. The van der Waals surface area contributed by atoms with Crippen molar-refractivity contribution in [2.75, 3.05) is 11.9 Å². The van der Waals surface area contributed by atoms with Crippen LogP contribution in [0.2, 0.25) is 0 Å². The number of thiophene rings is 1.